The summed E-state index contributed by atoms with van der Waals surface area (Å²) in [6, 6.07) is 0.151. The molecule has 16 heavy (non-hydrogen) atoms. The Morgan fingerprint density at radius 1 is 1.50 bits per heavy atom. The Morgan fingerprint density at radius 2 is 2.19 bits per heavy atom. The van der Waals surface area contributed by atoms with E-state index < -0.39 is 9.84 Å². The van der Waals surface area contributed by atoms with E-state index in [0.717, 1.165) is 6.54 Å². The van der Waals surface area contributed by atoms with Gasteiger partial charge in [-0.15, -0.1) is 11.6 Å². The van der Waals surface area contributed by atoms with Crippen LogP contribution in [0.1, 0.15) is 13.8 Å². The molecule has 0 aliphatic carbocycles. The smallest absolute Gasteiger partial charge is 0.153 e. The molecule has 1 rings (SSSR count). The molecule has 0 saturated carbocycles. The molecule has 0 amide bonds. The van der Waals surface area contributed by atoms with Gasteiger partial charge in [-0.05, 0) is 13.8 Å². The third-order valence-corrected chi connectivity index (χ3v) is 5.45. The molecule has 0 radical (unpaired) electrons. The summed E-state index contributed by atoms with van der Waals surface area (Å²) in [5.41, 5.74) is 0. The summed E-state index contributed by atoms with van der Waals surface area (Å²) < 4.78 is 28.7. The van der Waals surface area contributed by atoms with E-state index in [4.69, 9.17) is 16.3 Å². The second kappa shape index (κ2) is 6.19. The number of halogens is 1. The van der Waals surface area contributed by atoms with Gasteiger partial charge in [0.25, 0.3) is 0 Å². The van der Waals surface area contributed by atoms with Gasteiger partial charge in [0.05, 0.1) is 24.2 Å². The number of alkyl halides is 1. The van der Waals surface area contributed by atoms with E-state index in [2.05, 4.69) is 4.90 Å². The van der Waals surface area contributed by atoms with Crippen LogP contribution in [0.3, 0.4) is 0 Å². The monoisotopic (exact) mass is 269 g/mol. The molecule has 0 aromatic carbocycles. The van der Waals surface area contributed by atoms with E-state index in [0.29, 0.717) is 25.6 Å². The number of sulfone groups is 1. The highest BCUT2D eigenvalue weighted by atomic mass is 35.5. The second-order valence-electron chi connectivity index (χ2n) is 4.33. The number of hydrogen-bond acceptors (Lipinski definition) is 4. The average molecular weight is 270 g/mol. The summed E-state index contributed by atoms with van der Waals surface area (Å²) in [7, 11) is -2.95. The van der Waals surface area contributed by atoms with Crippen molar-refractivity contribution in [1.82, 2.24) is 4.90 Å². The average Bonchev–Trinajstić information content (AvgIpc) is 2.26. The van der Waals surface area contributed by atoms with Gasteiger partial charge in [-0.25, -0.2) is 8.42 Å². The minimum Gasteiger partial charge on any atom is -0.378 e. The third kappa shape index (κ3) is 3.87. The van der Waals surface area contributed by atoms with Gasteiger partial charge >= 0.3 is 0 Å². The summed E-state index contributed by atoms with van der Waals surface area (Å²) in [4.78, 5) is 2.11. The lowest BCUT2D eigenvalue weighted by Gasteiger charge is -2.34. The van der Waals surface area contributed by atoms with Crippen LogP contribution in [0.15, 0.2) is 0 Å². The highest BCUT2D eigenvalue weighted by Gasteiger charge is 2.24. The predicted molar refractivity (Wildman–Crippen MR) is 65.8 cm³/mol. The van der Waals surface area contributed by atoms with E-state index >= 15 is 0 Å². The zero-order valence-electron chi connectivity index (χ0n) is 9.86. The van der Waals surface area contributed by atoms with Crippen LogP contribution in [-0.2, 0) is 14.6 Å². The number of nitrogens with zero attached hydrogens (tertiary/aromatic N) is 1. The van der Waals surface area contributed by atoms with Gasteiger partial charge in [-0.3, -0.25) is 4.90 Å². The van der Waals surface area contributed by atoms with Crippen molar-refractivity contribution >= 4 is 21.4 Å². The van der Waals surface area contributed by atoms with Crippen molar-refractivity contribution in [2.75, 3.05) is 37.9 Å². The molecule has 1 aliphatic heterocycles. The Balaban J connectivity index is 2.47. The van der Waals surface area contributed by atoms with Crippen molar-refractivity contribution in [2.24, 2.45) is 0 Å². The molecule has 4 nitrogen and oxygen atoms in total. The predicted octanol–water partition coefficient (Wildman–Crippen LogP) is 0.749. The first kappa shape index (κ1) is 14.2. The van der Waals surface area contributed by atoms with E-state index in [1.54, 1.807) is 13.8 Å². The summed E-state index contributed by atoms with van der Waals surface area (Å²) in [6.45, 7) is 6.02. The summed E-state index contributed by atoms with van der Waals surface area (Å²) >= 11 is 5.82. The molecular formula is C10H20ClNO3S. The quantitative estimate of drug-likeness (QED) is 0.691. The van der Waals surface area contributed by atoms with Gasteiger partial charge in [0.2, 0.25) is 0 Å². The van der Waals surface area contributed by atoms with Gasteiger partial charge in [-0.2, -0.15) is 0 Å². The Kier molecular flexibility index (Phi) is 5.50. The second-order valence-corrected chi connectivity index (χ2v) is 7.32. The van der Waals surface area contributed by atoms with Gasteiger partial charge in [0, 0.05) is 25.0 Å². The van der Waals surface area contributed by atoms with Crippen molar-refractivity contribution in [3.8, 4) is 0 Å². The van der Waals surface area contributed by atoms with E-state index in [9.17, 15) is 8.42 Å². The highest BCUT2D eigenvalue weighted by molar-refractivity contribution is 7.92. The number of hydrogen-bond donors (Lipinski definition) is 0. The maximum atomic E-state index is 11.7. The molecule has 0 bridgehead atoms. The molecule has 1 heterocycles. The van der Waals surface area contributed by atoms with Crippen LogP contribution in [-0.4, -0.2) is 62.5 Å². The zero-order chi connectivity index (χ0) is 12.2. The van der Waals surface area contributed by atoms with Crippen LogP contribution in [0.2, 0.25) is 0 Å². The number of ether oxygens (including phenoxy) is 1. The van der Waals surface area contributed by atoms with E-state index in [1.807, 2.05) is 0 Å². The first-order valence-electron chi connectivity index (χ1n) is 5.56. The lowest BCUT2D eigenvalue weighted by molar-refractivity contribution is 0.00411. The van der Waals surface area contributed by atoms with Gasteiger partial charge < -0.3 is 4.74 Å². The fraction of sp³-hybridized carbons (Fsp3) is 1.00. The zero-order valence-corrected chi connectivity index (χ0v) is 11.4. The van der Waals surface area contributed by atoms with Gasteiger partial charge in [0.1, 0.15) is 0 Å². The van der Waals surface area contributed by atoms with Crippen molar-refractivity contribution in [2.45, 2.75) is 25.1 Å². The van der Waals surface area contributed by atoms with E-state index in [-0.39, 0.29) is 17.0 Å². The molecule has 1 atom stereocenters. The lowest BCUT2D eigenvalue weighted by atomic mass is 10.2. The Labute approximate surface area is 103 Å². The summed E-state index contributed by atoms with van der Waals surface area (Å²) in [6.07, 6.45) is 0. The Hall–Kier alpha value is 0.160. The van der Waals surface area contributed by atoms with Crippen LogP contribution in [0.5, 0.6) is 0 Å². The van der Waals surface area contributed by atoms with Crippen LogP contribution < -0.4 is 0 Å². The highest BCUT2D eigenvalue weighted by Crippen LogP contribution is 2.10. The molecule has 1 fully saturated rings. The number of morpholine rings is 1. The SMILES string of the molecule is CC(C)S(=O)(=O)CCN1CCOCC1CCl. The minimum atomic E-state index is -2.95. The Bertz CT molecular complexity index is 305. The topological polar surface area (TPSA) is 46.6 Å². The fourth-order valence-electron chi connectivity index (χ4n) is 1.61. The Morgan fingerprint density at radius 3 is 2.75 bits per heavy atom. The molecule has 0 aromatic heterocycles. The van der Waals surface area contributed by atoms with Crippen LogP contribution >= 0.6 is 11.6 Å². The van der Waals surface area contributed by atoms with E-state index in [1.165, 1.54) is 0 Å². The maximum Gasteiger partial charge on any atom is 0.153 e. The molecular weight excluding hydrogens is 250 g/mol. The number of rotatable bonds is 5. The van der Waals surface area contributed by atoms with Crippen molar-refractivity contribution in [3.05, 3.63) is 0 Å². The molecule has 0 aromatic rings. The maximum absolute atomic E-state index is 11.7. The minimum absolute atomic E-state index is 0.151. The van der Waals surface area contributed by atoms with Gasteiger partial charge in [-0.1, -0.05) is 0 Å². The largest absolute Gasteiger partial charge is 0.378 e. The molecule has 0 N–H and O–H groups in total. The standard InChI is InChI=1S/C10H20ClNO3S/c1-9(2)16(13,14)6-4-12-3-5-15-8-10(12)7-11/h9-10H,3-8H2,1-2H3. The molecule has 6 heteroatoms. The third-order valence-electron chi connectivity index (χ3n) is 2.91. The van der Waals surface area contributed by atoms with Gasteiger partial charge in [0.15, 0.2) is 9.84 Å². The van der Waals surface area contributed by atoms with Crippen molar-refractivity contribution in [3.63, 3.8) is 0 Å². The summed E-state index contributed by atoms with van der Waals surface area (Å²) in [5.74, 6) is 0.694. The van der Waals surface area contributed by atoms with Crippen LogP contribution in [0, 0.1) is 0 Å². The molecule has 1 unspecified atom stereocenters. The molecule has 1 aliphatic rings. The lowest BCUT2D eigenvalue weighted by Crippen LogP contribution is -2.48. The van der Waals surface area contributed by atoms with Crippen molar-refractivity contribution < 1.29 is 13.2 Å². The van der Waals surface area contributed by atoms with Crippen LogP contribution in [0.4, 0.5) is 0 Å². The molecule has 1 saturated heterocycles. The fourth-order valence-corrected chi connectivity index (χ4v) is 2.85. The summed E-state index contributed by atoms with van der Waals surface area (Å²) in [5, 5.41) is -0.303. The first-order valence-corrected chi connectivity index (χ1v) is 7.81. The van der Waals surface area contributed by atoms with Crippen molar-refractivity contribution in [1.29, 1.82) is 0 Å². The molecule has 0 spiro atoms. The molecule has 96 valence electrons. The normalized spacial score (nSPS) is 23.9. The first-order chi connectivity index (χ1) is 7.47. The van der Waals surface area contributed by atoms with Crippen LogP contribution in [0.25, 0.3) is 0 Å².